The van der Waals surface area contributed by atoms with Crippen LogP contribution < -0.4 is 10.6 Å². The van der Waals surface area contributed by atoms with Crippen molar-refractivity contribution in [1.82, 2.24) is 10.6 Å². The van der Waals surface area contributed by atoms with Gasteiger partial charge in [0.1, 0.15) is 0 Å². The third kappa shape index (κ3) is 7.68. The van der Waals surface area contributed by atoms with Gasteiger partial charge >= 0.3 is 5.97 Å². The molecule has 0 heterocycles. The van der Waals surface area contributed by atoms with Crippen LogP contribution in [0.2, 0.25) is 0 Å². The summed E-state index contributed by atoms with van der Waals surface area (Å²) in [5.41, 5.74) is 1.04. The molecule has 2 rings (SSSR count). The predicted octanol–water partition coefficient (Wildman–Crippen LogP) is 2.28. The summed E-state index contributed by atoms with van der Waals surface area (Å²) in [6, 6.07) is 9.36. The molecule has 0 spiro atoms. The van der Waals surface area contributed by atoms with Crippen molar-refractivity contribution in [2.75, 3.05) is 6.54 Å². The van der Waals surface area contributed by atoms with Crippen LogP contribution in [-0.4, -0.2) is 35.5 Å². The van der Waals surface area contributed by atoms with Gasteiger partial charge in [-0.2, -0.15) is 0 Å². The van der Waals surface area contributed by atoms with Gasteiger partial charge in [0.25, 0.3) is 0 Å². The van der Waals surface area contributed by atoms with E-state index in [1.165, 1.54) is 12.8 Å². The molecule has 6 heteroatoms. The molecule has 1 fully saturated rings. The molecule has 3 N–H and O–H groups in total. The number of amides is 2. The first-order valence-corrected chi connectivity index (χ1v) is 9.34. The average molecular weight is 360 g/mol. The van der Waals surface area contributed by atoms with Crippen LogP contribution in [0.1, 0.15) is 50.5 Å². The highest BCUT2D eigenvalue weighted by atomic mass is 16.4. The normalized spacial score (nSPS) is 15.4. The van der Waals surface area contributed by atoms with E-state index in [0.717, 1.165) is 18.4 Å². The van der Waals surface area contributed by atoms with Gasteiger partial charge in [-0.1, -0.05) is 43.2 Å². The van der Waals surface area contributed by atoms with Gasteiger partial charge in [0, 0.05) is 18.9 Å². The van der Waals surface area contributed by atoms with Crippen LogP contribution in [-0.2, 0) is 20.8 Å². The number of benzene rings is 1. The number of carbonyl (C=O) groups excluding carboxylic acids is 2. The molecule has 6 nitrogen and oxygen atoms in total. The molecule has 2 amide bonds. The van der Waals surface area contributed by atoms with E-state index in [4.69, 9.17) is 5.11 Å². The van der Waals surface area contributed by atoms with E-state index in [-0.39, 0.29) is 30.8 Å². The van der Waals surface area contributed by atoms with Crippen molar-refractivity contribution in [1.29, 1.82) is 0 Å². The quantitative estimate of drug-likeness (QED) is 0.596. The second-order valence-electron chi connectivity index (χ2n) is 7.02. The lowest BCUT2D eigenvalue weighted by Crippen LogP contribution is -2.43. The molecule has 0 aromatic heterocycles. The molecule has 142 valence electrons. The van der Waals surface area contributed by atoms with Gasteiger partial charge in [-0.15, -0.1) is 0 Å². The number of carbonyl (C=O) groups is 3. The Morgan fingerprint density at radius 1 is 1.08 bits per heavy atom. The number of aliphatic carboxylic acids is 1. The topological polar surface area (TPSA) is 95.5 Å². The first-order chi connectivity index (χ1) is 12.5. The summed E-state index contributed by atoms with van der Waals surface area (Å²) in [5.74, 6) is -0.810. The van der Waals surface area contributed by atoms with Crippen LogP contribution in [0.15, 0.2) is 30.3 Å². The molecular weight excluding hydrogens is 332 g/mol. The predicted molar refractivity (Wildman–Crippen MR) is 98.5 cm³/mol. The Bertz CT molecular complexity index is 597. The monoisotopic (exact) mass is 360 g/mol. The number of hydrogen-bond acceptors (Lipinski definition) is 3. The number of hydrogen-bond donors (Lipinski definition) is 3. The lowest BCUT2D eigenvalue weighted by Gasteiger charge is -2.19. The van der Waals surface area contributed by atoms with E-state index >= 15 is 0 Å². The summed E-state index contributed by atoms with van der Waals surface area (Å²) in [6.07, 6.45) is 5.95. The molecule has 1 unspecified atom stereocenters. The molecule has 1 aromatic rings. The second-order valence-corrected chi connectivity index (χ2v) is 7.02. The average Bonchev–Trinajstić information content (AvgIpc) is 3.12. The van der Waals surface area contributed by atoms with Crippen molar-refractivity contribution >= 4 is 17.8 Å². The van der Waals surface area contributed by atoms with Crippen LogP contribution in [0, 0.1) is 5.92 Å². The van der Waals surface area contributed by atoms with Crippen molar-refractivity contribution in [2.45, 2.75) is 57.4 Å². The lowest BCUT2D eigenvalue weighted by atomic mass is 10.0. The highest BCUT2D eigenvalue weighted by molar-refractivity contribution is 5.85. The zero-order valence-electron chi connectivity index (χ0n) is 15.1. The van der Waals surface area contributed by atoms with E-state index in [2.05, 4.69) is 10.6 Å². The maximum absolute atomic E-state index is 12.2. The molecular formula is C20H28N2O4. The minimum Gasteiger partial charge on any atom is -0.481 e. The Hall–Kier alpha value is -2.37. The van der Waals surface area contributed by atoms with E-state index in [0.29, 0.717) is 25.2 Å². The van der Waals surface area contributed by atoms with Crippen LogP contribution in [0.25, 0.3) is 0 Å². The number of carboxylic acids is 1. The van der Waals surface area contributed by atoms with Crippen molar-refractivity contribution in [3.63, 3.8) is 0 Å². The fourth-order valence-electron chi connectivity index (χ4n) is 3.43. The van der Waals surface area contributed by atoms with Crippen molar-refractivity contribution in [3.05, 3.63) is 35.9 Å². The van der Waals surface area contributed by atoms with Gasteiger partial charge in [0.15, 0.2) is 0 Å². The zero-order chi connectivity index (χ0) is 18.8. The summed E-state index contributed by atoms with van der Waals surface area (Å²) < 4.78 is 0. The van der Waals surface area contributed by atoms with E-state index in [9.17, 15) is 14.4 Å². The fourth-order valence-corrected chi connectivity index (χ4v) is 3.43. The van der Waals surface area contributed by atoms with Gasteiger partial charge in [-0.3, -0.25) is 14.4 Å². The van der Waals surface area contributed by atoms with Crippen LogP contribution in [0.5, 0.6) is 0 Å². The molecule has 1 aliphatic carbocycles. The minimum absolute atomic E-state index is 0.00812. The summed E-state index contributed by atoms with van der Waals surface area (Å²) in [5, 5.41) is 14.4. The first kappa shape index (κ1) is 19.9. The smallest absolute Gasteiger partial charge is 0.303 e. The molecule has 1 saturated carbocycles. The molecule has 1 atom stereocenters. The third-order valence-electron chi connectivity index (χ3n) is 4.79. The van der Waals surface area contributed by atoms with Crippen LogP contribution in [0.3, 0.4) is 0 Å². The largest absolute Gasteiger partial charge is 0.481 e. The SMILES string of the molecule is O=C(O)CCC(Cc1ccccc1)NC(=O)CNC(=O)CC1CCCC1. The Morgan fingerprint density at radius 3 is 2.42 bits per heavy atom. The highest BCUT2D eigenvalue weighted by Gasteiger charge is 2.19. The van der Waals surface area contributed by atoms with Crippen molar-refractivity contribution < 1.29 is 19.5 Å². The number of carboxylic acid groups (broad SMARTS) is 1. The van der Waals surface area contributed by atoms with Crippen LogP contribution >= 0.6 is 0 Å². The molecule has 0 bridgehead atoms. The summed E-state index contributed by atoms with van der Waals surface area (Å²) in [6.45, 7) is -0.0656. The molecule has 0 radical (unpaired) electrons. The van der Waals surface area contributed by atoms with E-state index in [1.807, 2.05) is 30.3 Å². The minimum atomic E-state index is -0.887. The third-order valence-corrected chi connectivity index (χ3v) is 4.79. The summed E-state index contributed by atoms with van der Waals surface area (Å²) in [4.78, 5) is 34.9. The first-order valence-electron chi connectivity index (χ1n) is 9.34. The molecule has 0 aliphatic heterocycles. The maximum Gasteiger partial charge on any atom is 0.303 e. The van der Waals surface area contributed by atoms with Gasteiger partial charge in [0.2, 0.25) is 11.8 Å². The second kappa shape index (κ2) is 10.6. The Morgan fingerprint density at radius 2 is 1.77 bits per heavy atom. The molecule has 1 aliphatic rings. The van der Waals surface area contributed by atoms with E-state index in [1.54, 1.807) is 0 Å². The summed E-state index contributed by atoms with van der Waals surface area (Å²) in [7, 11) is 0. The number of rotatable bonds is 10. The molecule has 1 aromatic carbocycles. The van der Waals surface area contributed by atoms with Gasteiger partial charge in [-0.05, 0) is 37.2 Å². The van der Waals surface area contributed by atoms with Crippen molar-refractivity contribution in [3.8, 4) is 0 Å². The van der Waals surface area contributed by atoms with Gasteiger partial charge in [0.05, 0.1) is 6.54 Å². The highest BCUT2D eigenvalue weighted by Crippen LogP contribution is 2.27. The van der Waals surface area contributed by atoms with Gasteiger partial charge in [-0.25, -0.2) is 0 Å². The van der Waals surface area contributed by atoms with E-state index < -0.39 is 5.97 Å². The van der Waals surface area contributed by atoms with Gasteiger partial charge < -0.3 is 15.7 Å². The maximum atomic E-state index is 12.2. The fraction of sp³-hybridized carbons (Fsp3) is 0.550. The Balaban J connectivity index is 1.78. The molecule has 26 heavy (non-hydrogen) atoms. The molecule has 0 saturated heterocycles. The zero-order valence-corrected chi connectivity index (χ0v) is 15.1. The Kier molecular flexibility index (Phi) is 8.12. The standard InChI is InChI=1S/C20H28N2O4/c23-18(13-16-8-4-5-9-16)21-14-19(24)22-17(10-11-20(25)26)12-15-6-2-1-3-7-15/h1-3,6-7,16-17H,4-5,8-14H2,(H,21,23)(H,22,24)(H,25,26). The van der Waals surface area contributed by atoms with Crippen LogP contribution in [0.4, 0.5) is 0 Å². The lowest BCUT2D eigenvalue weighted by molar-refractivity contribution is -0.137. The van der Waals surface area contributed by atoms with Crippen molar-refractivity contribution in [2.24, 2.45) is 5.92 Å². The number of nitrogens with one attached hydrogen (secondary N) is 2. The summed E-state index contributed by atoms with van der Waals surface area (Å²) >= 11 is 0. The Labute approximate surface area is 154 Å².